The van der Waals surface area contributed by atoms with Crippen molar-refractivity contribution in [3.05, 3.63) is 70.6 Å². The molecule has 1 saturated heterocycles. The lowest BCUT2D eigenvalue weighted by molar-refractivity contribution is -0.136. The first kappa shape index (κ1) is 22.7. The van der Waals surface area contributed by atoms with Crippen LogP contribution in [0.5, 0.6) is 0 Å². The van der Waals surface area contributed by atoms with Gasteiger partial charge in [0.25, 0.3) is 11.5 Å². The third kappa shape index (κ3) is 4.65. The molecule has 172 valence electrons. The van der Waals surface area contributed by atoms with Crippen LogP contribution in [0.4, 0.5) is 0 Å². The SMILES string of the molecule is CCN(C(=O)COC(=O)c1nn(-c2ccccc2)c(=O)c2ccccc12)[C@H]1CCS(=O)(=O)C1. The average molecular weight is 470 g/mol. The van der Waals surface area contributed by atoms with Crippen LogP contribution in [0.3, 0.4) is 0 Å². The van der Waals surface area contributed by atoms with Crippen LogP contribution in [-0.2, 0) is 19.4 Å². The van der Waals surface area contributed by atoms with Crippen LogP contribution in [-0.4, -0.2) is 65.7 Å². The fourth-order valence-corrected chi connectivity index (χ4v) is 5.75. The molecular formula is C23H23N3O6S. The van der Waals surface area contributed by atoms with Crippen molar-refractivity contribution in [1.82, 2.24) is 14.7 Å². The first-order valence-corrected chi connectivity index (χ1v) is 12.4. The van der Waals surface area contributed by atoms with Crippen molar-refractivity contribution < 1.29 is 22.7 Å². The summed E-state index contributed by atoms with van der Waals surface area (Å²) < 4.78 is 29.9. The second-order valence-electron chi connectivity index (χ2n) is 7.76. The highest BCUT2D eigenvalue weighted by molar-refractivity contribution is 7.91. The predicted molar refractivity (Wildman–Crippen MR) is 122 cm³/mol. The third-order valence-electron chi connectivity index (χ3n) is 5.64. The molecule has 2 heterocycles. The summed E-state index contributed by atoms with van der Waals surface area (Å²) in [5, 5.41) is 4.85. The summed E-state index contributed by atoms with van der Waals surface area (Å²) in [4.78, 5) is 40.0. The first-order valence-electron chi connectivity index (χ1n) is 10.5. The van der Waals surface area contributed by atoms with Crippen molar-refractivity contribution in [1.29, 1.82) is 0 Å². The Morgan fingerprint density at radius 2 is 1.76 bits per heavy atom. The van der Waals surface area contributed by atoms with E-state index in [-0.39, 0.29) is 22.8 Å². The summed E-state index contributed by atoms with van der Waals surface area (Å²) in [6.45, 7) is 1.50. The number of likely N-dealkylation sites (N-methyl/N-ethyl adjacent to an activating group) is 1. The number of aromatic nitrogens is 2. The second-order valence-corrected chi connectivity index (χ2v) is 9.99. The number of carbonyl (C=O) groups excluding carboxylic acids is 2. The van der Waals surface area contributed by atoms with Gasteiger partial charge in [-0.2, -0.15) is 9.78 Å². The summed E-state index contributed by atoms with van der Waals surface area (Å²) in [6.07, 6.45) is 0.365. The number of benzene rings is 2. The Kier molecular flexibility index (Phi) is 6.28. The number of amides is 1. The molecule has 0 aliphatic carbocycles. The highest BCUT2D eigenvalue weighted by Gasteiger charge is 2.34. The maximum Gasteiger partial charge on any atom is 0.359 e. The van der Waals surface area contributed by atoms with Gasteiger partial charge >= 0.3 is 5.97 Å². The summed E-state index contributed by atoms with van der Waals surface area (Å²) >= 11 is 0. The van der Waals surface area contributed by atoms with Crippen molar-refractivity contribution in [3.8, 4) is 5.69 Å². The Morgan fingerprint density at radius 1 is 1.09 bits per heavy atom. The molecule has 0 radical (unpaired) electrons. The van der Waals surface area contributed by atoms with Crippen LogP contribution >= 0.6 is 0 Å². The maximum absolute atomic E-state index is 12.9. The van der Waals surface area contributed by atoms with Gasteiger partial charge in [-0.3, -0.25) is 9.59 Å². The average Bonchev–Trinajstić information content (AvgIpc) is 3.18. The zero-order valence-corrected chi connectivity index (χ0v) is 18.8. The number of rotatable bonds is 6. The van der Waals surface area contributed by atoms with Crippen molar-refractivity contribution in [2.45, 2.75) is 19.4 Å². The Hall–Kier alpha value is -3.53. The first-order chi connectivity index (χ1) is 15.8. The molecule has 33 heavy (non-hydrogen) atoms. The zero-order chi connectivity index (χ0) is 23.6. The number of hydrogen-bond donors (Lipinski definition) is 0. The maximum atomic E-state index is 12.9. The third-order valence-corrected chi connectivity index (χ3v) is 7.39. The Balaban J connectivity index is 1.60. The van der Waals surface area contributed by atoms with E-state index in [0.717, 1.165) is 4.68 Å². The van der Waals surface area contributed by atoms with E-state index in [9.17, 15) is 22.8 Å². The number of esters is 1. The van der Waals surface area contributed by atoms with Gasteiger partial charge in [0, 0.05) is 18.0 Å². The molecule has 1 amide bonds. The van der Waals surface area contributed by atoms with E-state index < -0.39 is 34.4 Å². The minimum atomic E-state index is -3.16. The van der Waals surface area contributed by atoms with Crippen LogP contribution in [0.2, 0.25) is 0 Å². The molecule has 1 aliphatic heterocycles. The minimum absolute atomic E-state index is 0.0399. The van der Waals surface area contributed by atoms with E-state index >= 15 is 0 Å². The van der Waals surface area contributed by atoms with Crippen LogP contribution in [0.25, 0.3) is 16.5 Å². The molecule has 3 aromatic rings. The molecule has 0 bridgehead atoms. The highest BCUT2D eigenvalue weighted by atomic mass is 32.2. The van der Waals surface area contributed by atoms with Crippen molar-refractivity contribution in [2.75, 3.05) is 24.7 Å². The fraction of sp³-hybridized carbons (Fsp3) is 0.304. The topological polar surface area (TPSA) is 116 Å². The van der Waals surface area contributed by atoms with Gasteiger partial charge < -0.3 is 9.64 Å². The molecule has 4 rings (SSSR count). The van der Waals surface area contributed by atoms with Crippen LogP contribution < -0.4 is 5.56 Å². The molecule has 1 fully saturated rings. The van der Waals surface area contributed by atoms with Crippen molar-refractivity contribution >= 4 is 32.5 Å². The smallest absolute Gasteiger partial charge is 0.359 e. The number of nitrogens with zero attached hydrogens (tertiary/aromatic N) is 3. The molecule has 1 atom stereocenters. The lowest BCUT2D eigenvalue weighted by atomic mass is 10.1. The van der Waals surface area contributed by atoms with E-state index in [4.69, 9.17) is 4.74 Å². The van der Waals surface area contributed by atoms with Gasteiger partial charge in [0.2, 0.25) is 0 Å². The lowest BCUT2D eigenvalue weighted by Gasteiger charge is -2.26. The van der Waals surface area contributed by atoms with Crippen LogP contribution in [0, 0.1) is 0 Å². The number of ether oxygens (including phenoxy) is 1. The number of hydrogen-bond acceptors (Lipinski definition) is 7. The van der Waals surface area contributed by atoms with Crippen LogP contribution in [0.15, 0.2) is 59.4 Å². The molecule has 1 aromatic heterocycles. The van der Waals surface area contributed by atoms with Crippen molar-refractivity contribution in [3.63, 3.8) is 0 Å². The summed E-state index contributed by atoms with van der Waals surface area (Å²) in [7, 11) is -3.16. The van der Waals surface area contributed by atoms with E-state index in [1.54, 1.807) is 61.5 Å². The van der Waals surface area contributed by atoms with Gasteiger partial charge in [0.1, 0.15) is 0 Å². The van der Waals surface area contributed by atoms with Gasteiger partial charge in [0.05, 0.1) is 22.6 Å². The molecular weight excluding hydrogens is 446 g/mol. The Labute approximate surface area is 190 Å². The summed E-state index contributed by atoms with van der Waals surface area (Å²) in [5.74, 6) is -1.37. The summed E-state index contributed by atoms with van der Waals surface area (Å²) in [6, 6.07) is 14.8. The second kappa shape index (κ2) is 9.14. The summed E-state index contributed by atoms with van der Waals surface area (Å²) in [5.41, 5.74) is 0.00959. The quantitative estimate of drug-likeness (QED) is 0.503. The molecule has 0 saturated carbocycles. The lowest BCUT2D eigenvalue weighted by Crippen LogP contribution is -2.43. The number of sulfone groups is 1. The number of fused-ring (bicyclic) bond motifs is 1. The molecule has 10 heteroatoms. The van der Waals surface area contributed by atoms with Crippen molar-refractivity contribution in [2.24, 2.45) is 0 Å². The molecule has 2 aromatic carbocycles. The van der Waals surface area contributed by atoms with Gasteiger partial charge in [-0.05, 0) is 31.5 Å². The number of para-hydroxylation sites is 1. The van der Waals surface area contributed by atoms with E-state index in [2.05, 4.69) is 5.10 Å². The van der Waals surface area contributed by atoms with Gasteiger partial charge in [-0.15, -0.1) is 0 Å². The molecule has 1 aliphatic rings. The van der Waals surface area contributed by atoms with Crippen LogP contribution in [0.1, 0.15) is 23.8 Å². The minimum Gasteiger partial charge on any atom is -0.451 e. The van der Waals surface area contributed by atoms with E-state index in [1.807, 2.05) is 0 Å². The zero-order valence-electron chi connectivity index (χ0n) is 18.0. The Morgan fingerprint density at radius 3 is 2.39 bits per heavy atom. The van der Waals surface area contributed by atoms with Gasteiger partial charge in [-0.25, -0.2) is 13.2 Å². The fourth-order valence-electron chi connectivity index (χ4n) is 4.02. The monoisotopic (exact) mass is 469 g/mol. The van der Waals surface area contributed by atoms with E-state index in [1.165, 1.54) is 4.90 Å². The van der Waals surface area contributed by atoms with E-state index in [0.29, 0.717) is 29.4 Å². The molecule has 0 unspecified atom stereocenters. The largest absolute Gasteiger partial charge is 0.451 e. The molecule has 0 N–H and O–H groups in total. The molecule has 9 nitrogen and oxygen atoms in total. The molecule has 0 spiro atoms. The van der Waals surface area contributed by atoms with Gasteiger partial charge in [-0.1, -0.05) is 36.4 Å². The highest BCUT2D eigenvalue weighted by Crippen LogP contribution is 2.19. The number of carbonyl (C=O) groups is 2. The predicted octanol–water partition coefficient (Wildman–Crippen LogP) is 1.58. The normalized spacial score (nSPS) is 17.1. The Bertz CT molecular complexity index is 1370. The standard InChI is InChI=1S/C23H23N3O6S/c1-2-25(17-12-13-33(30,31)15-17)20(27)14-32-23(29)21-18-10-6-7-11-19(18)22(28)26(24-21)16-8-4-3-5-9-16/h3-11,17H,2,12-15H2,1H3/t17-/m0/s1. The van der Waals surface area contributed by atoms with Gasteiger partial charge in [0.15, 0.2) is 22.1 Å².